The normalized spacial score (nSPS) is 13.6. The second-order valence-corrected chi connectivity index (χ2v) is 6.95. The van der Waals surface area contributed by atoms with Crippen LogP contribution in [0.3, 0.4) is 0 Å². The Morgan fingerprint density at radius 3 is 0.943 bits per heavy atom. The van der Waals surface area contributed by atoms with E-state index in [1.165, 1.54) is 0 Å². The molecule has 2 rings (SSSR count). The van der Waals surface area contributed by atoms with Gasteiger partial charge in [-0.2, -0.15) is 52.7 Å². The Hall–Kier alpha value is -3.46. The minimum atomic E-state index is -6.74. The summed E-state index contributed by atoms with van der Waals surface area (Å²) < 4.78 is 164. The van der Waals surface area contributed by atoms with Gasteiger partial charge in [-0.3, -0.25) is 0 Å². The third-order valence-corrected chi connectivity index (χ3v) is 4.73. The molecule has 0 unspecified atom stereocenters. The molecule has 0 aromatic heterocycles. The van der Waals surface area contributed by atoms with Gasteiger partial charge in [-0.25, -0.2) is 9.59 Å². The van der Waals surface area contributed by atoms with Gasteiger partial charge in [-0.1, -0.05) is 0 Å². The molecule has 0 amide bonds. The Labute approximate surface area is 185 Å². The average Bonchev–Trinajstić information content (AvgIpc) is 2.64. The van der Waals surface area contributed by atoms with Crippen LogP contribution in [0, 0.1) is 0 Å². The van der Waals surface area contributed by atoms with Crippen molar-refractivity contribution >= 4 is 11.9 Å². The zero-order valence-electron chi connectivity index (χ0n) is 16.2. The van der Waals surface area contributed by atoms with Crippen molar-refractivity contribution in [3.05, 3.63) is 69.8 Å². The Morgan fingerprint density at radius 1 is 0.486 bits per heavy atom. The predicted molar refractivity (Wildman–Crippen MR) is 89.7 cm³/mol. The minimum absolute atomic E-state index is 0.280. The second kappa shape index (κ2) is 8.34. The molecule has 0 aliphatic carbocycles. The minimum Gasteiger partial charge on any atom is -0.478 e. The summed E-state index contributed by atoms with van der Waals surface area (Å²) in [6.45, 7) is 0. The zero-order valence-corrected chi connectivity index (χ0v) is 16.2. The summed E-state index contributed by atoms with van der Waals surface area (Å²) in [6.07, 6.45) is -24.8. The van der Waals surface area contributed by atoms with Gasteiger partial charge in [0.05, 0.1) is 22.3 Å². The Morgan fingerprint density at radius 2 is 0.743 bits per heavy atom. The molecular weight excluding hydrogens is 520 g/mol. The maximum absolute atomic E-state index is 14.2. The summed E-state index contributed by atoms with van der Waals surface area (Å²) in [7, 11) is 0. The van der Waals surface area contributed by atoms with E-state index in [-0.39, 0.29) is 12.1 Å². The lowest BCUT2D eigenvalue weighted by atomic mass is 9.71. The van der Waals surface area contributed by atoms with Gasteiger partial charge in [0.15, 0.2) is 0 Å². The molecule has 0 aliphatic rings. The van der Waals surface area contributed by atoms with Crippen molar-refractivity contribution in [3.63, 3.8) is 0 Å². The van der Waals surface area contributed by atoms with Crippen LogP contribution >= 0.6 is 0 Å². The molecule has 0 atom stereocenters. The van der Waals surface area contributed by atoms with Crippen LogP contribution in [-0.2, 0) is 17.8 Å². The lowest BCUT2D eigenvalue weighted by molar-refractivity contribution is -0.288. The molecule has 0 bridgehead atoms. The SMILES string of the molecule is O=C(O)c1cc(C(F)(F)F)cc(C(c2cc(C(=O)O)cc(C(F)(F)F)c2)(C(F)(F)F)C(F)(F)F)c1. The van der Waals surface area contributed by atoms with Crippen LogP contribution in [0.1, 0.15) is 43.0 Å². The largest absolute Gasteiger partial charge is 0.478 e. The van der Waals surface area contributed by atoms with Crippen LogP contribution < -0.4 is 0 Å². The van der Waals surface area contributed by atoms with Gasteiger partial charge in [0.1, 0.15) is 0 Å². The molecule has 2 N–H and O–H groups in total. The highest BCUT2D eigenvalue weighted by Gasteiger charge is 2.73. The molecule has 35 heavy (non-hydrogen) atoms. The van der Waals surface area contributed by atoms with E-state index < -0.39 is 99.7 Å². The molecule has 16 heteroatoms. The number of aromatic carboxylic acids is 2. The van der Waals surface area contributed by atoms with E-state index in [1.807, 2.05) is 0 Å². The fourth-order valence-corrected chi connectivity index (χ4v) is 3.24. The molecule has 0 aliphatic heterocycles. The van der Waals surface area contributed by atoms with Gasteiger partial charge in [0, 0.05) is 0 Å². The standard InChI is InChI=1S/C19H8F12O4/c20-16(21,22)11-3-7(13(32)33)1-9(5-11)15(18(26,27)28,19(29,30)31)10-2-8(14(34)35)4-12(6-10)17(23,24)25/h1-6H,(H,32,33)(H,34,35). The fraction of sp³-hybridized carbons (Fsp3) is 0.263. The van der Waals surface area contributed by atoms with E-state index >= 15 is 0 Å². The predicted octanol–water partition coefficient (Wildman–Crippen LogP) is 6.53. The van der Waals surface area contributed by atoms with E-state index in [1.54, 1.807) is 0 Å². The number of carboxylic acids is 2. The summed E-state index contributed by atoms with van der Waals surface area (Å²) >= 11 is 0. The lowest BCUT2D eigenvalue weighted by Crippen LogP contribution is -2.55. The first kappa shape index (κ1) is 27.8. The molecule has 0 saturated carbocycles. The van der Waals surface area contributed by atoms with Crippen molar-refractivity contribution in [3.8, 4) is 0 Å². The number of hydrogen-bond donors (Lipinski definition) is 2. The average molecular weight is 528 g/mol. The summed E-state index contributed by atoms with van der Waals surface area (Å²) in [5, 5.41) is 17.9. The molecular formula is C19H8F12O4. The number of carboxylic acid groups (broad SMARTS) is 2. The van der Waals surface area contributed by atoms with E-state index in [2.05, 4.69) is 0 Å². The molecule has 192 valence electrons. The maximum Gasteiger partial charge on any atom is 0.416 e. The van der Waals surface area contributed by atoms with Gasteiger partial charge >= 0.3 is 36.6 Å². The number of hydrogen-bond acceptors (Lipinski definition) is 2. The van der Waals surface area contributed by atoms with Crippen LogP contribution in [0.25, 0.3) is 0 Å². The van der Waals surface area contributed by atoms with Crippen LogP contribution in [0.2, 0.25) is 0 Å². The highest BCUT2D eigenvalue weighted by atomic mass is 19.4. The fourth-order valence-electron chi connectivity index (χ4n) is 3.24. The third kappa shape index (κ3) is 5.00. The van der Waals surface area contributed by atoms with E-state index in [0.717, 1.165) is 0 Å². The van der Waals surface area contributed by atoms with E-state index in [9.17, 15) is 62.3 Å². The first-order valence-corrected chi connectivity index (χ1v) is 8.59. The number of halogens is 12. The van der Waals surface area contributed by atoms with Crippen molar-refractivity contribution in [1.29, 1.82) is 0 Å². The van der Waals surface area contributed by atoms with Gasteiger partial charge in [0.2, 0.25) is 5.41 Å². The maximum atomic E-state index is 14.2. The lowest BCUT2D eigenvalue weighted by Gasteiger charge is -2.39. The smallest absolute Gasteiger partial charge is 0.416 e. The first-order valence-electron chi connectivity index (χ1n) is 8.59. The topological polar surface area (TPSA) is 74.6 Å². The van der Waals surface area contributed by atoms with Crippen LogP contribution in [0.15, 0.2) is 36.4 Å². The molecule has 0 spiro atoms. The van der Waals surface area contributed by atoms with Gasteiger partial charge in [0.25, 0.3) is 0 Å². The van der Waals surface area contributed by atoms with Crippen molar-refractivity contribution in [2.24, 2.45) is 0 Å². The van der Waals surface area contributed by atoms with Gasteiger partial charge in [-0.15, -0.1) is 0 Å². The third-order valence-electron chi connectivity index (χ3n) is 4.73. The Kier molecular flexibility index (Phi) is 6.62. The van der Waals surface area contributed by atoms with Crippen LogP contribution in [-0.4, -0.2) is 34.5 Å². The Balaban J connectivity index is 3.24. The van der Waals surface area contributed by atoms with E-state index in [4.69, 9.17) is 10.2 Å². The van der Waals surface area contributed by atoms with Crippen molar-refractivity contribution < 1.29 is 72.5 Å². The van der Waals surface area contributed by atoms with Crippen molar-refractivity contribution in [2.45, 2.75) is 30.1 Å². The summed E-state index contributed by atoms with van der Waals surface area (Å²) in [4.78, 5) is 22.3. The molecule has 0 fully saturated rings. The second-order valence-electron chi connectivity index (χ2n) is 6.95. The molecule has 2 aromatic rings. The monoisotopic (exact) mass is 528 g/mol. The Bertz CT molecular complexity index is 1060. The molecule has 0 radical (unpaired) electrons. The molecule has 2 aromatic carbocycles. The summed E-state index contributed by atoms with van der Waals surface area (Å²) in [5.41, 5.74) is -18.5. The number of benzene rings is 2. The number of rotatable bonds is 4. The van der Waals surface area contributed by atoms with Crippen LogP contribution in [0.5, 0.6) is 0 Å². The highest BCUT2D eigenvalue weighted by molar-refractivity contribution is 5.89. The van der Waals surface area contributed by atoms with Crippen LogP contribution in [0.4, 0.5) is 52.7 Å². The summed E-state index contributed by atoms with van der Waals surface area (Å²) in [5.74, 6) is -4.77. The van der Waals surface area contributed by atoms with Gasteiger partial charge in [-0.05, 0) is 47.5 Å². The summed E-state index contributed by atoms with van der Waals surface area (Å²) in [6, 6.07) is -2.85. The number of alkyl halides is 12. The first-order chi connectivity index (χ1) is 15.5. The molecule has 4 nitrogen and oxygen atoms in total. The number of carbonyl (C=O) groups is 2. The van der Waals surface area contributed by atoms with E-state index in [0.29, 0.717) is 0 Å². The molecule has 0 heterocycles. The van der Waals surface area contributed by atoms with Crippen molar-refractivity contribution in [1.82, 2.24) is 0 Å². The quantitative estimate of drug-likeness (QED) is 0.443. The zero-order chi connectivity index (χ0) is 27.4. The van der Waals surface area contributed by atoms with Gasteiger partial charge < -0.3 is 10.2 Å². The highest BCUT2D eigenvalue weighted by Crippen LogP contribution is 2.57. The molecule has 0 saturated heterocycles. The van der Waals surface area contributed by atoms with Crippen molar-refractivity contribution in [2.75, 3.05) is 0 Å².